The summed E-state index contributed by atoms with van der Waals surface area (Å²) in [5.74, 6) is -0.0788. The van der Waals surface area contributed by atoms with E-state index in [-0.39, 0.29) is 12.5 Å². The summed E-state index contributed by atoms with van der Waals surface area (Å²) in [6.45, 7) is 2.21. The van der Waals surface area contributed by atoms with Gasteiger partial charge in [0.2, 0.25) is 5.91 Å². The number of aromatic nitrogens is 2. The quantitative estimate of drug-likeness (QED) is 0.922. The normalized spacial score (nSPS) is 11.8. The highest BCUT2D eigenvalue weighted by atomic mass is 19.4. The predicted molar refractivity (Wildman–Crippen MR) is 71.6 cm³/mol. The summed E-state index contributed by atoms with van der Waals surface area (Å²) in [7, 11) is 0. The smallest absolute Gasteiger partial charge is 0.350 e. The molecule has 0 unspecified atom stereocenters. The van der Waals surface area contributed by atoms with Gasteiger partial charge in [-0.1, -0.05) is 13.3 Å². The molecular weight excluding hydrogens is 283 g/mol. The summed E-state index contributed by atoms with van der Waals surface area (Å²) in [4.78, 5) is 15.7. The summed E-state index contributed by atoms with van der Waals surface area (Å²) < 4.78 is 39.1. The van der Waals surface area contributed by atoms with E-state index in [4.69, 9.17) is 0 Å². The summed E-state index contributed by atoms with van der Waals surface area (Å²) in [5, 5.41) is 2.70. The zero-order chi connectivity index (χ0) is 15.5. The van der Waals surface area contributed by atoms with Gasteiger partial charge in [0.1, 0.15) is 5.65 Å². The van der Waals surface area contributed by atoms with E-state index in [9.17, 15) is 18.0 Å². The molecule has 2 aromatic rings. The van der Waals surface area contributed by atoms with Gasteiger partial charge < -0.3 is 9.72 Å². The maximum Gasteiger partial charge on any atom is 0.417 e. The molecule has 0 atom stereocenters. The molecule has 0 aromatic carbocycles. The van der Waals surface area contributed by atoms with Gasteiger partial charge >= 0.3 is 6.18 Å². The Hall–Kier alpha value is -2.05. The van der Waals surface area contributed by atoms with Crippen molar-refractivity contribution >= 4 is 11.6 Å². The van der Waals surface area contributed by atoms with E-state index in [1.165, 1.54) is 16.7 Å². The molecule has 2 aromatic heterocycles. The van der Waals surface area contributed by atoms with Gasteiger partial charge in [-0.05, 0) is 18.6 Å². The number of pyridine rings is 1. The highest BCUT2D eigenvalue weighted by Gasteiger charge is 2.30. The molecule has 114 valence electrons. The van der Waals surface area contributed by atoms with Crippen molar-refractivity contribution in [3.8, 4) is 0 Å². The first-order valence-electron chi connectivity index (χ1n) is 6.71. The van der Waals surface area contributed by atoms with Crippen molar-refractivity contribution in [2.45, 2.75) is 38.9 Å². The van der Waals surface area contributed by atoms with Crippen LogP contribution in [0, 0.1) is 0 Å². The number of rotatable bonds is 5. The predicted octanol–water partition coefficient (Wildman–Crippen LogP) is 3.16. The third-order valence-corrected chi connectivity index (χ3v) is 3.05. The minimum Gasteiger partial charge on any atom is -0.350 e. The Morgan fingerprint density at radius 3 is 2.76 bits per heavy atom. The molecule has 2 rings (SSSR count). The largest absolute Gasteiger partial charge is 0.417 e. The van der Waals surface area contributed by atoms with Gasteiger partial charge in [0, 0.05) is 18.8 Å². The Morgan fingerprint density at radius 1 is 1.33 bits per heavy atom. The fourth-order valence-electron chi connectivity index (χ4n) is 1.91. The lowest BCUT2D eigenvalue weighted by molar-refractivity contribution is -0.137. The van der Waals surface area contributed by atoms with Crippen molar-refractivity contribution < 1.29 is 18.0 Å². The number of halogens is 3. The van der Waals surface area contributed by atoms with Crippen LogP contribution in [0.15, 0.2) is 24.5 Å². The number of hydrogen-bond donors (Lipinski definition) is 1. The van der Waals surface area contributed by atoms with Gasteiger partial charge in [-0.25, -0.2) is 4.98 Å². The van der Waals surface area contributed by atoms with Crippen LogP contribution in [0.3, 0.4) is 0 Å². The van der Waals surface area contributed by atoms with Crippen LogP contribution in [0.5, 0.6) is 0 Å². The van der Waals surface area contributed by atoms with Crippen LogP contribution in [0.1, 0.15) is 37.4 Å². The Bertz CT molecular complexity index is 634. The third-order valence-electron chi connectivity index (χ3n) is 3.05. The van der Waals surface area contributed by atoms with Gasteiger partial charge in [-0.3, -0.25) is 4.79 Å². The van der Waals surface area contributed by atoms with E-state index in [0.29, 0.717) is 17.8 Å². The molecule has 21 heavy (non-hydrogen) atoms. The second kappa shape index (κ2) is 6.15. The molecule has 0 fully saturated rings. The number of amides is 1. The Morgan fingerprint density at radius 2 is 2.10 bits per heavy atom. The number of alkyl halides is 3. The summed E-state index contributed by atoms with van der Waals surface area (Å²) in [6.07, 6.45) is 0.290. The molecule has 1 N–H and O–H groups in total. The highest BCUT2D eigenvalue weighted by Crippen LogP contribution is 2.29. The average Bonchev–Trinajstić information content (AvgIpc) is 2.83. The molecule has 1 amide bonds. The second-order valence-electron chi connectivity index (χ2n) is 4.79. The number of nitrogens with one attached hydrogen (secondary N) is 1. The van der Waals surface area contributed by atoms with E-state index < -0.39 is 11.7 Å². The number of carbonyl (C=O) groups is 1. The van der Waals surface area contributed by atoms with E-state index in [0.717, 1.165) is 25.1 Å². The standard InChI is InChI=1S/C14H16F3N3O/c1-2-3-4-13(21)18-7-11-9-20-8-10(14(15,16)17)5-6-12(20)19-11/h5-6,8-9H,2-4,7H2,1H3,(H,18,21). The molecule has 0 aliphatic heterocycles. The van der Waals surface area contributed by atoms with E-state index in [1.54, 1.807) is 0 Å². The number of nitrogens with zero attached hydrogens (tertiary/aromatic N) is 2. The zero-order valence-electron chi connectivity index (χ0n) is 11.6. The summed E-state index contributed by atoms with van der Waals surface area (Å²) >= 11 is 0. The number of hydrogen-bond acceptors (Lipinski definition) is 2. The molecule has 7 heteroatoms. The molecule has 2 heterocycles. The fraction of sp³-hybridized carbons (Fsp3) is 0.429. The first-order valence-corrected chi connectivity index (χ1v) is 6.71. The van der Waals surface area contributed by atoms with Gasteiger partial charge in [0.05, 0.1) is 17.8 Å². The molecule has 0 aliphatic carbocycles. The minimum atomic E-state index is -4.38. The van der Waals surface area contributed by atoms with Crippen molar-refractivity contribution in [2.24, 2.45) is 0 Å². The van der Waals surface area contributed by atoms with E-state index >= 15 is 0 Å². The first kappa shape index (κ1) is 15.3. The number of carbonyl (C=O) groups excluding carboxylic acids is 1. The number of fused-ring (bicyclic) bond motifs is 1. The van der Waals surface area contributed by atoms with Gasteiger partial charge in [0.15, 0.2) is 0 Å². The topological polar surface area (TPSA) is 46.4 Å². The SMILES string of the molecule is CCCCC(=O)NCc1cn2cc(C(F)(F)F)ccc2n1. The monoisotopic (exact) mass is 299 g/mol. The van der Waals surface area contributed by atoms with E-state index in [2.05, 4.69) is 10.3 Å². The Labute approximate surface area is 120 Å². The van der Waals surface area contributed by atoms with Crippen molar-refractivity contribution in [3.05, 3.63) is 35.8 Å². The van der Waals surface area contributed by atoms with Crippen LogP contribution in [0.2, 0.25) is 0 Å². The maximum absolute atomic E-state index is 12.6. The van der Waals surface area contributed by atoms with Gasteiger partial charge in [0.25, 0.3) is 0 Å². The Kier molecular flexibility index (Phi) is 4.50. The zero-order valence-corrected chi connectivity index (χ0v) is 11.6. The van der Waals surface area contributed by atoms with Crippen LogP contribution in [0.4, 0.5) is 13.2 Å². The van der Waals surface area contributed by atoms with Crippen molar-refractivity contribution in [1.29, 1.82) is 0 Å². The van der Waals surface area contributed by atoms with Crippen molar-refractivity contribution in [2.75, 3.05) is 0 Å². The maximum atomic E-state index is 12.6. The first-order chi connectivity index (χ1) is 9.90. The minimum absolute atomic E-state index is 0.0788. The third kappa shape index (κ3) is 3.96. The molecule has 0 saturated heterocycles. The van der Waals surface area contributed by atoms with E-state index in [1.807, 2.05) is 6.92 Å². The number of unbranched alkanes of at least 4 members (excludes halogenated alkanes) is 1. The molecule has 0 radical (unpaired) electrons. The van der Waals surface area contributed by atoms with Crippen LogP contribution in [0.25, 0.3) is 5.65 Å². The lowest BCUT2D eigenvalue weighted by Crippen LogP contribution is -2.22. The summed E-state index contributed by atoms with van der Waals surface area (Å²) in [5.41, 5.74) is 0.214. The number of imidazole rings is 1. The van der Waals surface area contributed by atoms with Crippen LogP contribution in [-0.4, -0.2) is 15.3 Å². The Balaban J connectivity index is 2.07. The summed E-state index contributed by atoms with van der Waals surface area (Å²) in [6, 6.07) is 2.30. The molecule has 0 saturated carbocycles. The van der Waals surface area contributed by atoms with Crippen LogP contribution < -0.4 is 5.32 Å². The molecule has 0 bridgehead atoms. The van der Waals surface area contributed by atoms with Crippen molar-refractivity contribution in [1.82, 2.24) is 14.7 Å². The highest BCUT2D eigenvalue weighted by molar-refractivity contribution is 5.75. The second-order valence-corrected chi connectivity index (χ2v) is 4.79. The molecular formula is C14H16F3N3O. The molecule has 0 aliphatic rings. The van der Waals surface area contributed by atoms with Gasteiger partial charge in [-0.15, -0.1) is 0 Å². The van der Waals surface area contributed by atoms with Crippen LogP contribution >= 0.6 is 0 Å². The van der Waals surface area contributed by atoms with Crippen molar-refractivity contribution in [3.63, 3.8) is 0 Å². The lowest BCUT2D eigenvalue weighted by Gasteiger charge is -2.05. The molecule has 0 spiro atoms. The average molecular weight is 299 g/mol. The van der Waals surface area contributed by atoms with Gasteiger partial charge in [-0.2, -0.15) is 13.2 Å². The molecule has 4 nitrogen and oxygen atoms in total. The fourth-order valence-corrected chi connectivity index (χ4v) is 1.91. The van der Waals surface area contributed by atoms with Crippen LogP contribution in [-0.2, 0) is 17.5 Å². The lowest BCUT2D eigenvalue weighted by atomic mass is 10.2.